The van der Waals surface area contributed by atoms with Crippen LogP contribution in [0.4, 0.5) is 5.69 Å². The molecule has 1 atom stereocenters. The molecule has 0 amide bonds. The minimum Gasteiger partial charge on any atom is -0.457 e. The predicted molar refractivity (Wildman–Crippen MR) is 176 cm³/mol. The van der Waals surface area contributed by atoms with E-state index in [0.717, 1.165) is 84.9 Å². The van der Waals surface area contributed by atoms with Crippen molar-refractivity contribution in [2.24, 2.45) is 4.99 Å². The molecule has 6 nitrogen and oxygen atoms in total. The summed E-state index contributed by atoms with van der Waals surface area (Å²) in [4.78, 5) is 14.1. The van der Waals surface area contributed by atoms with Crippen LogP contribution < -0.4 is 10.1 Å². The number of piperazine rings is 1. The fourth-order valence-corrected chi connectivity index (χ4v) is 7.55. The van der Waals surface area contributed by atoms with Crippen LogP contribution in [-0.2, 0) is 6.54 Å². The van der Waals surface area contributed by atoms with Gasteiger partial charge in [-0.15, -0.1) is 11.8 Å². The smallest absolute Gasteiger partial charge is 0.130 e. The Balaban J connectivity index is 1.00. The van der Waals surface area contributed by atoms with E-state index in [4.69, 9.17) is 9.73 Å². The van der Waals surface area contributed by atoms with Crippen LogP contribution in [0.15, 0.2) is 83.9 Å². The number of H-pyrrole nitrogens is 1. The highest BCUT2D eigenvalue weighted by molar-refractivity contribution is 8.14. The molecule has 1 aromatic heterocycles. The third kappa shape index (κ3) is 6.69. The van der Waals surface area contributed by atoms with Crippen molar-refractivity contribution in [3.8, 4) is 11.5 Å². The largest absolute Gasteiger partial charge is 0.457 e. The van der Waals surface area contributed by atoms with Crippen LogP contribution in [0.5, 0.6) is 11.5 Å². The SMILES string of the molecule is c1ccc(CN2CCN(CC[C@H]3CSC(c4cc5cc(Oc6ccccc6)cc(NC6CCCC6)c5[nH]4)=N3)CC2)cc1. The van der Waals surface area contributed by atoms with Crippen LogP contribution in [0, 0.1) is 0 Å². The summed E-state index contributed by atoms with van der Waals surface area (Å²) in [5.74, 6) is 2.78. The number of rotatable bonds is 10. The first-order chi connectivity index (χ1) is 20.7. The van der Waals surface area contributed by atoms with Crippen LogP contribution in [0.25, 0.3) is 10.9 Å². The molecule has 2 aliphatic heterocycles. The summed E-state index contributed by atoms with van der Waals surface area (Å²) in [5, 5.41) is 6.13. The van der Waals surface area contributed by atoms with Crippen LogP contribution >= 0.6 is 11.8 Å². The summed E-state index contributed by atoms with van der Waals surface area (Å²) in [5.41, 5.74) is 4.81. The van der Waals surface area contributed by atoms with E-state index in [2.05, 4.69) is 68.6 Å². The molecule has 0 unspecified atom stereocenters. The molecule has 3 aliphatic rings. The Morgan fingerprint density at radius 1 is 0.857 bits per heavy atom. The Labute approximate surface area is 253 Å². The Hall–Kier alpha value is -3.26. The summed E-state index contributed by atoms with van der Waals surface area (Å²) >= 11 is 1.89. The van der Waals surface area contributed by atoms with Gasteiger partial charge in [-0.05, 0) is 49.1 Å². The van der Waals surface area contributed by atoms with Crippen molar-refractivity contribution in [3.05, 3.63) is 90.1 Å². The highest BCUT2D eigenvalue weighted by atomic mass is 32.2. The second-order valence-corrected chi connectivity index (χ2v) is 13.0. The molecule has 2 fully saturated rings. The number of nitrogens with one attached hydrogen (secondary N) is 2. The lowest BCUT2D eigenvalue weighted by molar-refractivity contribution is 0.125. The number of aromatic amines is 1. The number of benzene rings is 3. The molecule has 1 saturated carbocycles. The number of hydrogen-bond donors (Lipinski definition) is 2. The molecular weight excluding hydrogens is 538 g/mol. The zero-order valence-electron chi connectivity index (χ0n) is 24.3. The maximum atomic E-state index is 6.27. The van der Waals surface area contributed by atoms with Gasteiger partial charge in [-0.2, -0.15) is 0 Å². The minimum absolute atomic E-state index is 0.381. The fraction of sp³-hybridized carbons (Fsp3) is 0.400. The van der Waals surface area contributed by atoms with E-state index in [9.17, 15) is 0 Å². The molecule has 3 aromatic carbocycles. The second-order valence-electron chi connectivity index (χ2n) is 12.0. The molecule has 0 radical (unpaired) electrons. The fourth-order valence-electron chi connectivity index (χ4n) is 6.47. The number of hydrogen-bond acceptors (Lipinski definition) is 6. The quantitative estimate of drug-likeness (QED) is 0.205. The van der Waals surface area contributed by atoms with E-state index in [1.165, 1.54) is 36.6 Å². The van der Waals surface area contributed by atoms with Crippen molar-refractivity contribution in [1.82, 2.24) is 14.8 Å². The number of nitrogens with zero attached hydrogens (tertiary/aromatic N) is 3. The molecule has 4 aromatic rings. The number of para-hydroxylation sites is 1. The molecule has 218 valence electrons. The summed E-state index contributed by atoms with van der Waals surface area (Å²) in [6, 6.07) is 28.4. The first-order valence-electron chi connectivity index (χ1n) is 15.6. The Morgan fingerprint density at radius 2 is 1.60 bits per heavy atom. The Kier molecular flexibility index (Phi) is 8.49. The molecule has 2 N–H and O–H groups in total. The van der Waals surface area contributed by atoms with Crippen molar-refractivity contribution >= 4 is 33.4 Å². The molecule has 1 saturated heterocycles. The molecule has 0 spiro atoms. The van der Waals surface area contributed by atoms with Crippen LogP contribution in [-0.4, -0.2) is 70.4 Å². The van der Waals surface area contributed by atoms with Crippen molar-refractivity contribution in [1.29, 1.82) is 0 Å². The average Bonchev–Trinajstić information content (AvgIpc) is 3.80. The van der Waals surface area contributed by atoms with Gasteiger partial charge in [-0.1, -0.05) is 61.4 Å². The number of ether oxygens (including phenoxy) is 1. The maximum Gasteiger partial charge on any atom is 0.130 e. The average molecular weight is 580 g/mol. The van der Waals surface area contributed by atoms with Crippen molar-refractivity contribution in [2.45, 2.75) is 50.7 Å². The molecule has 7 heteroatoms. The molecule has 3 heterocycles. The zero-order valence-corrected chi connectivity index (χ0v) is 25.1. The third-order valence-electron chi connectivity index (χ3n) is 8.83. The van der Waals surface area contributed by atoms with Gasteiger partial charge in [0.1, 0.15) is 16.5 Å². The minimum atomic E-state index is 0.381. The normalized spacial score (nSPS) is 20.3. The van der Waals surface area contributed by atoms with Gasteiger partial charge in [0.15, 0.2) is 0 Å². The van der Waals surface area contributed by atoms with Gasteiger partial charge in [0.2, 0.25) is 0 Å². The van der Waals surface area contributed by atoms with Gasteiger partial charge >= 0.3 is 0 Å². The monoisotopic (exact) mass is 579 g/mol. The van der Waals surface area contributed by atoms with Gasteiger partial charge in [-0.25, -0.2) is 0 Å². The molecule has 1 aliphatic carbocycles. The van der Waals surface area contributed by atoms with Crippen molar-refractivity contribution < 1.29 is 4.74 Å². The highest BCUT2D eigenvalue weighted by Crippen LogP contribution is 2.36. The highest BCUT2D eigenvalue weighted by Gasteiger charge is 2.24. The maximum absolute atomic E-state index is 6.27. The predicted octanol–water partition coefficient (Wildman–Crippen LogP) is 7.38. The van der Waals surface area contributed by atoms with Gasteiger partial charge < -0.3 is 19.9 Å². The summed E-state index contributed by atoms with van der Waals surface area (Å²) < 4.78 is 6.27. The van der Waals surface area contributed by atoms with Crippen LogP contribution in [0.1, 0.15) is 43.4 Å². The van der Waals surface area contributed by atoms with Crippen LogP contribution in [0.3, 0.4) is 0 Å². The van der Waals surface area contributed by atoms with E-state index in [0.29, 0.717) is 12.1 Å². The first kappa shape index (κ1) is 27.6. The van der Waals surface area contributed by atoms with Crippen LogP contribution in [0.2, 0.25) is 0 Å². The standard InChI is InChI=1S/C35H41N5OS/c1-3-9-26(10-4-1)24-40-19-17-39(18-20-40)16-15-29-25-42-35(37-29)33-22-27-21-31(41-30-13-5-2-6-14-30)23-32(34(27)38-33)36-28-11-7-8-12-28/h1-6,9-10,13-14,21-23,28-29,36,38H,7-8,11-12,15-20,24-25H2/t29-/m0/s1. The van der Waals surface area contributed by atoms with Gasteiger partial charge in [0, 0.05) is 62.5 Å². The summed E-state index contributed by atoms with van der Waals surface area (Å²) in [6.45, 7) is 6.77. The molecule has 42 heavy (non-hydrogen) atoms. The number of aromatic nitrogens is 1. The van der Waals surface area contributed by atoms with E-state index in [1.807, 2.05) is 42.1 Å². The van der Waals surface area contributed by atoms with Crippen molar-refractivity contribution in [2.75, 3.05) is 43.8 Å². The van der Waals surface area contributed by atoms with E-state index in [1.54, 1.807) is 0 Å². The lowest BCUT2D eigenvalue weighted by Crippen LogP contribution is -2.46. The number of aliphatic imine (C=N–C) groups is 1. The molecular formula is C35H41N5OS. The zero-order chi connectivity index (χ0) is 28.1. The second kappa shape index (κ2) is 12.9. The number of fused-ring (bicyclic) bond motifs is 1. The van der Waals surface area contributed by atoms with Gasteiger partial charge in [-0.3, -0.25) is 9.89 Å². The lowest BCUT2D eigenvalue weighted by Gasteiger charge is -2.35. The molecule has 0 bridgehead atoms. The Morgan fingerprint density at radius 3 is 2.38 bits per heavy atom. The Bertz CT molecular complexity index is 1490. The molecule has 7 rings (SSSR count). The van der Waals surface area contributed by atoms with E-state index in [-0.39, 0.29) is 0 Å². The topological polar surface area (TPSA) is 55.9 Å². The van der Waals surface area contributed by atoms with Crippen molar-refractivity contribution in [3.63, 3.8) is 0 Å². The van der Waals surface area contributed by atoms with E-state index >= 15 is 0 Å². The summed E-state index contributed by atoms with van der Waals surface area (Å²) in [7, 11) is 0. The number of thioether (sulfide) groups is 1. The first-order valence-corrected chi connectivity index (χ1v) is 16.6. The number of anilines is 1. The van der Waals surface area contributed by atoms with Gasteiger partial charge in [0.05, 0.1) is 22.9 Å². The summed E-state index contributed by atoms with van der Waals surface area (Å²) in [6.07, 6.45) is 6.18. The van der Waals surface area contributed by atoms with Gasteiger partial charge in [0.25, 0.3) is 0 Å². The third-order valence-corrected chi connectivity index (χ3v) is 9.98. The lowest BCUT2D eigenvalue weighted by atomic mass is 10.1. The van der Waals surface area contributed by atoms with E-state index < -0.39 is 0 Å².